The molecule has 0 radical (unpaired) electrons. The maximum absolute atomic E-state index is 13.0. The van der Waals surface area contributed by atoms with Crippen molar-refractivity contribution in [1.82, 2.24) is 14.3 Å². The molecule has 10 heteroatoms. The summed E-state index contributed by atoms with van der Waals surface area (Å²) in [5.74, 6) is 0. The Morgan fingerprint density at radius 2 is 1.91 bits per heavy atom. The number of benzene rings is 1. The molecule has 2 aliphatic heterocycles. The Morgan fingerprint density at radius 1 is 1.09 bits per heavy atom. The van der Waals surface area contributed by atoms with Crippen molar-refractivity contribution >= 4 is 38.0 Å². The van der Waals surface area contributed by atoms with Gasteiger partial charge in [0, 0.05) is 55.6 Å². The number of nitrogens with zero attached hydrogens (tertiary/aromatic N) is 4. The molecule has 1 fully saturated rings. The summed E-state index contributed by atoms with van der Waals surface area (Å²) in [6.07, 6.45) is 9.11. The zero-order chi connectivity index (χ0) is 23.0. The quantitative estimate of drug-likeness (QED) is 0.449. The van der Waals surface area contributed by atoms with Gasteiger partial charge in [-0.05, 0) is 49.1 Å². The number of anilines is 1. The van der Waals surface area contributed by atoms with Crippen LogP contribution in [-0.4, -0.2) is 53.8 Å². The summed E-state index contributed by atoms with van der Waals surface area (Å²) in [4.78, 5) is 20.8. The van der Waals surface area contributed by atoms with Crippen LogP contribution in [0.3, 0.4) is 0 Å². The minimum atomic E-state index is -3.74. The number of fused-ring (bicyclic) bond motifs is 1. The van der Waals surface area contributed by atoms with E-state index in [1.165, 1.54) is 16.4 Å². The van der Waals surface area contributed by atoms with Crippen LogP contribution < -0.4 is 4.90 Å². The number of piperidine rings is 1. The second-order valence-electron chi connectivity index (χ2n) is 8.40. The Bertz CT molecular complexity index is 1340. The Kier molecular flexibility index (Phi) is 5.63. The largest absolute Gasteiger partial charge is 0.362 e. The normalized spacial score (nSPS) is 17.8. The van der Waals surface area contributed by atoms with E-state index in [4.69, 9.17) is 0 Å². The number of nitrogens with one attached hydrogen (secondary N) is 1. The molecule has 9 nitrogen and oxygen atoms in total. The molecule has 1 aromatic carbocycles. The van der Waals surface area contributed by atoms with Gasteiger partial charge in [-0.3, -0.25) is 10.1 Å². The number of pyridine rings is 1. The molecular formula is C23H25N5O4S. The second kappa shape index (κ2) is 8.60. The number of H-pyrrole nitrogens is 1. The Morgan fingerprint density at radius 3 is 2.64 bits per heavy atom. The summed E-state index contributed by atoms with van der Waals surface area (Å²) in [6, 6.07) is 8.20. The minimum Gasteiger partial charge on any atom is -0.362 e. The van der Waals surface area contributed by atoms with Crippen LogP contribution in [0.15, 0.2) is 53.7 Å². The van der Waals surface area contributed by atoms with Gasteiger partial charge in [-0.15, -0.1) is 0 Å². The van der Waals surface area contributed by atoms with Crippen molar-refractivity contribution in [2.75, 3.05) is 31.1 Å². The molecule has 33 heavy (non-hydrogen) atoms. The van der Waals surface area contributed by atoms with Gasteiger partial charge in [0.05, 0.1) is 9.82 Å². The lowest BCUT2D eigenvalue weighted by atomic mass is 9.99. The van der Waals surface area contributed by atoms with Crippen LogP contribution >= 0.6 is 0 Å². The lowest BCUT2D eigenvalue weighted by molar-refractivity contribution is -0.384. The summed E-state index contributed by atoms with van der Waals surface area (Å²) in [6.45, 7) is 2.01. The monoisotopic (exact) mass is 467 g/mol. The molecule has 0 atom stereocenters. The minimum absolute atomic E-state index is 0.0145. The lowest BCUT2D eigenvalue weighted by Crippen LogP contribution is -2.35. The lowest BCUT2D eigenvalue weighted by Gasteiger charge is -2.29. The van der Waals surface area contributed by atoms with E-state index in [0.717, 1.165) is 41.4 Å². The van der Waals surface area contributed by atoms with E-state index in [2.05, 4.69) is 16.0 Å². The topological polar surface area (TPSA) is 112 Å². The summed E-state index contributed by atoms with van der Waals surface area (Å²) in [7, 11) is -3.74. The van der Waals surface area contributed by atoms with Crippen molar-refractivity contribution in [2.45, 2.75) is 30.6 Å². The highest BCUT2D eigenvalue weighted by Crippen LogP contribution is 2.35. The van der Waals surface area contributed by atoms with Crippen LogP contribution in [0.1, 0.15) is 31.2 Å². The number of hydrogen-bond acceptors (Lipinski definition) is 6. The molecule has 5 rings (SSSR count). The third-order valence-corrected chi connectivity index (χ3v) is 8.34. The molecule has 0 bridgehead atoms. The van der Waals surface area contributed by atoms with E-state index in [1.54, 1.807) is 12.3 Å². The van der Waals surface area contributed by atoms with E-state index < -0.39 is 14.9 Å². The van der Waals surface area contributed by atoms with Crippen molar-refractivity contribution in [3.63, 3.8) is 0 Å². The molecule has 0 spiro atoms. The average molecular weight is 468 g/mol. The third-order valence-electron chi connectivity index (χ3n) is 6.44. The Labute approximate surface area is 191 Å². The van der Waals surface area contributed by atoms with E-state index in [0.29, 0.717) is 38.3 Å². The number of hydrogen-bond donors (Lipinski definition) is 1. The van der Waals surface area contributed by atoms with Gasteiger partial charge in [-0.25, -0.2) is 13.4 Å². The van der Waals surface area contributed by atoms with Crippen LogP contribution in [0.2, 0.25) is 0 Å². The molecule has 1 saturated heterocycles. The van der Waals surface area contributed by atoms with Crippen LogP contribution in [0, 0.1) is 10.1 Å². The Hall–Kier alpha value is -3.24. The summed E-state index contributed by atoms with van der Waals surface area (Å²) < 4.78 is 27.4. The van der Waals surface area contributed by atoms with Crippen LogP contribution in [-0.2, 0) is 10.0 Å². The van der Waals surface area contributed by atoms with Gasteiger partial charge in [0.1, 0.15) is 11.3 Å². The number of nitro groups is 1. The fraction of sp³-hybridized carbons (Fsp3) is 0.348. The molecule has 3 aromatic rings. The molecule has 0 aliphatic carbocycles. The maximum Gasteiger partial charge on any atom is 0.293 e. The molecule has 0 unspecified atom stereocenters. The predicted octanol–water partition coefficient (Wildman–Crippen LogP) is 3.94. The molecule has 172 valence electrons. The number of sulfonamides is 1. The summed E-state index contributed by atoms with van der Waals surface area (Å²) in [5, 5.41) is 12.9. The highest BCUT2D eigenvalue weighted by atomic mass is 32.2. The highest BCUT2D eigenvalue weighted by molar-refractivity contribution is 7.89. The first-order valence-electron chi connectivity index (χ1n) is 11.1. The van der Waals surface area contributed by atoms with Crippen molar-refractivity contribution in [1.29, 1.82) is 0 Å². The third kappa shape index (κ3) is 4.00. The molecular weight excluding hydrogens is 442 g/mol. The van der Waals surface area contributed by atoms with Gasteiger partial charge in [-0.1, -0.05) is 12.5 Å². The zero-order valence-electron chi connectivity index (χ0n) is 18.1. The van der Waals surface area contributed by atoms with E-state index >= 15 is 0 Å². The zero-order valence-corrected chi connectivity index (χ0v) is 18.9. The molecule has 0 saturated carbocycles. The average Bonchev–Trinajstić information content (AvgIpc) is 3.28. The summed E-state index contributed by atoms with van der Waals surface area (Å²) >= 11 is 0. The van der Waals surface area contributed by atoms with Crippen LogP contribution in [0.25, 0.3) is 16.6 Å². The number of rotatable bonds is 5. The van der Waals surface area contributed by atoms with Crippen LogP contribution in [0.5, 0.6) is 0 Å². The van der Waals surface area contributed by atoms with E-state index in [9.17, 15) is 18.5 Å². The van der Waals surface area contributed by atoms with Crippen molar-refractivity contribution < 1.29 is 13.3 Å². The predicted molar refractivity (Wildman–Crippen MR) is 127 cm³/mol. The fourth-order valence-electron chi connectivity index (χ4n) is 4.69. The summed E-state index contributed by atoms with van der Waals surface area (Å²) in [5.41, 5.74) is 3.35. The van der Waals surface area contributed by atoms with Crippen molar-refractivity contribution in [2.24, 2.45) is 0 Å². The number of nitro benzene ring substituents is 1. The van der Waals surface area contributed by atoms with Crippen LogP contribution in [0.4, 0.5) is 11.4 Å². The fourth-order valence-corrected chi connectivity index (χ4v) is 6.22. The number of aromatic amines is 1. The van der Waals surface area contributed by atoms with Gasteiger partial charge >= 0.3 is 0 Å². The maximum atomic E-state index is 13.0. The van der Waals surface area contributed by atoms with Gasteiger partial charge in [0.2, 0.25) is 10.0 Å². The standard InChI is InChI=1S/C23H25N5O4S/c29-28(30)22-15-18(33(31,32)27-11-2-1-3-12-27)6-7-21(22)26-13-8-17(9-14-26)20-16-25-23-19(20)5-4-10-24-23/h4-8,10,15-16H,1-3,9,11-14H2,(H,24,25). The smallest absolute Gasteiger partial charge is 0.293 e. The number of aromatic nitrogens is 2. The van der Waals surface area contributed by atoms with Gasteiger partial charge in [0.15, 0.2) is 0 Å². The molecule has 2 aliphatic rings. The van der Waals surface area contributed by atoms with E-state index in [-0.39, 0.29) is 10.6 Å². The highest BCUT2D eigenvalue weighted by Gasteiger charge is 2.30. The molecule has 1 N–H and O–H groups in total. The first-order chi connectivity index (χ1) is 15.9. The molecule has 0 amide bonds. The first kappa shape index (κ1) is 21.6. The Balaban J connectivity index is 1.42. The van der Waals surface area contributed by atoms with Crippen molar-refractivity contribution in [3.05, 3.63) is 64.5 Å². The molecule has 4 heterocycles. The van der Waals surface area contributed by atoms with Gasteiger partial charge < -0.3 is 9.88 Å². The van der Waals surface area contributed by atoms with E-state index in [1.807, 2.05) is 23.2 Å². The van der Waals surface area contributed by atoms with Gasteiger partial charge in [0.25, 0.3) is 5.69 Å². The SMILES string of the molecule is O=[N+]([O-])c1cc(S(=O)(=O)N2CCCCC2)ccc1N1CC=C(c2c[nH]c3ncccc23)CC1. The second-order valence-corrected chi connectivity index (χ2v) is 10.3. The molecule has 2 aromatic heterocycles. The van der Waals surface area contributed by atoms with Gasteiger partial charge in [-0.2, -0.15) is 4.31 Å². The van der Waals surface area contributed by atoms with Crippen molar-refractivity contribution in [3.8, 4) is 0 Å². The first-order valence-corrected chi connectivity index (χ1v) is 12.5.